The predicted octanol–water partition coefficient (Wildman–Crippen LogP) is 1.98. The molecule has 3 heteroatoms. The topological polar surface area (TPSA) is 43.1 Å². The predicted molar refractivity (Wildman–Crippen MR) is 66.2 cm³/mol. The summed E-state index contributed by atoms with van der Waals surface area (Å²) in [6.45, 7) is 2.76. The summed E-state index contributed by atoms with van der Waals surface area (Å²) in [6, 6.07) is 8.12. The van der Waals surface area contributed by atoms with E-state index in [-0.39, 0.29) is 0 Å². The Hall–Kier alpha value is -0.670. The number of benzene rings is 1. The van der Waals surface area contributed by atoms with Gasteiger partial charge >= 0.3 is 0 Å². The third kappa shape index (κ3) is 4.58. The fraction of sp³-hybridized carbons (Fsp3) is 0.500. The minimum atomic E-state index is -0.738. The SMILES string of the molecule is Cc1ccccc1CS(=O)CCCCN. The fourth-order valence-electron chi connectivity index (χ4n) is 1.43. The molecule has 0 saturated heterocycles. The minimum Gasteiger partial charge on any atom is -0.330 e. The summed E-state index contributed by atoms with van der Waals surface area (Å²) in [5.74, 6) is 1.45. The lowest BCUT2D eigenvalue weighted by Crippen LogP contribution is -2.05. The smallest absolute Gasteiger partial charge is 0.0488 e. The van der Waals surface area contributed by atoms with Crippen molar-refractivity contribution in [2.24, 2.45) is 5.73 Å². The van der Waals surface area contributed by atoms with E-state index in [1.807, 2.05) is 12.1 Å². The third-order valence-corrected chi connectivity index (χ3v) is 3.78. The van der Waals surface area contributed by atoms with Crippen LogP contribution in [-0.2, 0) is 16.6 Å². The second-order valence-electron chi connectivity index (χ2n) is 3.71. The lowest BCUT2D eigenvalue weighted by molar-refractivity contribution is 0.677. The molecule has 1 rings (SSSR count). The Morgan fingerprint density at radius 3 is 2.67 bits per heavy atom. The molecule has 84 valence electrons. The number of aryl methyl sites for hydroxylation is 1. The monoisotopic (exact) mass is 225 g/mol. The molecule has 1 aromatic carbocycles. The van der Waals surface area contributed by atoms with Gasteiger partial charge < -0.3 is 5.73 Å². The molecule has 0 spiro atoms. The molecule has 2 nitrogen and oxygen atoms in total. The highest BCUT2D eigenvalue weighted by Gasteiger charge is 2.03. The van der Waals surface area contributed by atoms with Gasteiger partial charge in [-0.2, -0.15) is 0 Å². The summed E-state index contributed by atoms with van der Waals surface area (Å²) >= 11 is 0. The van der Waals surface area contributed by atoms with Gasteiger partial charge in [0.05, 0.1) is 0 Å². The summed E-state index contributed by atoms with van der Waals surface area (Å²) in [7, 11) is -0.738. The molecule has 15 heavy (non-hydrogen) atoms. The zero-order valence-electron chi connectivity index (χ0n) is 9.24. The van der Waals surface area contributed by atoms with E-state index in [0.717, 1.165) is 18.6 Å². The van der Waals surface area contributed by atoms with Gasteiger partial charge in [0.15, 0.2) is 0 Å². The van der Waals surface area contributed by atoms with Crippen LogP contribution in [0.2, 0.25) is 0 Å². The van der Waals surface area contributed by atoms with Crippen molar-refractivity contribution in [3.05, 3.63) is 35.4 Å². The molecule has 0 aliphatic carbocycles. The molecule has 1 unspecified atom stereocenters. The van der Waals surface area contributed by atoms with Crippen molar-refractivity contribution in [1.29, 1.82) is 0 Å². The highest BCUT2D eigenvalue weighted by atomic mass is 32.2. The van der Waals surface area contributed by atoms with Gasteiger partial charge in [-0.25, -0.2) is 0 Å². The van der Waals surface area contributed by atoms with Crippen molar-refractivity contribution >= 4 is 10.8 Å². The number of hydrogen-bond donors (Lipinski definition) is 1. The molecule has 0 radical (unpaired) electrons. The van der Waals surface area contributed by atoms with Crippen LogP contribution >= 0.6 is 0 Å². The average molecular weight is 225 g/mol. The molecule has 0 aliphatic rings. The standard InChI is InChI=1S/C12H19NOS/c1-11-6-2-3-7-12(11)10-15(14)9-5-4-8-13/h2-3,6-7H,4-5,8-10,13H2,1H3. The van der Waals surface area contributed by atoms with Crippen LogP contribution in [0.1, 0.15) is 24.0 Å². The first-order chi connectivity index (χ1) is 7.24. The quantitative estimate of drug-likeness (QED) is 0.752. The maximum absolute atomic E-state index is 11.7. The Bertz CT molecular complexity index is 325. The van der Waals surface area contributed by atoms with Crippen LogP contribution in [0.5, 0.6) is 0 Å². The van der Waals surface area contributed by atoms with E-state index in [1.165, 1.54) is 11.1 Å². The summed E-state index contributed by atoms with van der Waals surface area (Å²) in [6.07, 6.45) is 1.94. The molecule has 0 aromatic heterocycles. The first kappa shape index (κ1) is 12.4. The van der Waals surface area contributed by atoms with Gasteiger partial charge in [-0.15, -0.1) is 0 Å². The number of rotatable bonds is 6. The van der Waals surface area contributed by atoms with E-state index in [1.54, 1.807) is 0 Å². The number of nitrogens with two attached hydrogens (primary N) is 1. The summed E-state index contributed by atoms with van der Waals surface area (Å²) in [4.78, 5) is 0. The van der Waals surface area contributed by atoms with Crippen LogP contribution in [0, 0.1) is 6.92 Å². The number of hydrogen-bond acceptors (Lipinski definition) is 2. The van der Waals surface area contributed by atoms with Crippen LogP contribution in [-0.4, -0.2) is 16.5 Å². The molecular weight excluding hydrogens is 206 g/mol. The Balaban J connectivity index is 2.41. The third-order valence-electron chi connectivity index (χ3n) is 2.40. The average Bonchev–Trinajstić information content (AvgIpc) is 2.22. The Morgan fingerprint density at radius 2 is 2.00 bits per heavy atom. The van der Waals surface area contributed by atoms with Gasteiger partial charge in [0.1, 0.15) is 0 Å². The van der Waals surface area contributed by atoms with Crippen molar-refractivity contribution in [3.63, 3.8) is 0 Å². The van der Waals surface area contributed by atoms with E-state index in [0.29, 0.717) is 12.3 Å². The lowest BCUT2D eigenvalue weighted by atomic mass is 10.1. The van der Waals surface area contributed by atoms with Crippen molar-refractivity contribution in [2.45, 2.75) is 25.5 Å². The minimum absolute atomic E-state index is 0.678. The Morgan fingerprint density at radius 1 is 1.27 bits per heavy atom. The summed E-state index contributed by atoms with van der Waals surface area (Å²) in [5, 5.41) is 0. The zero-order valence-corrected chi connectivity index (χ0v) is 10.1. The maximum atomic E-state index is 11.7. The van der Waals surface area contributed by atoms with Crippen LogP contribution in [0.15, 0.2) is 24.3 Å². The van der Waals surface area contributed by atoms with Gasteiger partial charge in [0, 0.05) is 22.3 Å². The largest absolute Gasteiger partial charge is 0.330 e. The fourth-order valence-corrected chi connectivity index (χ4v) is 2.77. The molecule has 0 saturated carbocycles. The summed E-state index contributed by atoms with van der Waals surface area (Å²) < 4.78 is 11.7. The highest BCUT2D eigenvalue weighted by Crippen LogP contribution is 2.10. The first-order valence-corrected chi connectivity index (χ1v) is 6.82. The molecular formula is C12H19NOS. The maximum Gasteiger partial charge on any atom is 0.0488 e. The Kier molecular flexibility index (Phi) is 5.58. The molecule has 0 aliphatic heterocycles. The zero-order chi connectivity index (χ0) is 11.1. The molecule has 0 amide bonds. The van der Waals surface area contributed by atoms with Gasteiger partial charge in [0.2, 0.25) is 0 Å². The molecule has 2 N–H and O–H groups in total. The highest BCUT2D eigenvalue weighted by molar-refractivity contribution is 7.84. The van der Waals surface area contributed by atoms with Gasteiger partial charge in [-0.1, -0.05) is 24.3 Å². The van der Waals surface area contributed by atoms with Crippen molar-refractivity contribution < 1.29 is 4.21 Å². The van der Waals surface area contributed by atoms with Crippen molar-refractivity contribution in [3.8, 4) is 0 Å². The van der Waals surface area contributed by atoms with Gasteiger partial charge in [-0.3, -0.25) is 4.21 Å². The molecule has 1 aromatic rings. The van der Waals surface area contributed by atoms with Gasteiger partial charge in [-0.05, 0) is 37.4 Å². The molecule has 0 heterocycles. The van der Waals surface area contributed by atoms with Crippen molar-refractivity contribution in [2.75, 3.05) is 12.3 Å². The van der Waals surface area contributed by atoms with Crippen LogP contribution in [0.3, 0.4) is 0 Å². The van der Waals surface area contributed by atoms with Crippen molar-refractivity contribution in [1.82, 2.24) is 0 Å². The Labute approximate surface area is 94.3 Å². The van der Waals surface area contributed by atoms with E-state index in [2.05, 4.69) is 19.1 Å². The van der Waals surface area contributed by atoms with E-state index in [4.69, 9.17) is 5.73 Å². The van der Waals surface area contributed by atoms with Crippen LogP contribution in [0.25, 0.3) is 0 Å². The first-order valence-electron chi connectivity index (χ1n) is 5.33. The van der Waals surface area contributed by atoms with Gasteiger partial charge in [0.25, 0.3) is 0 Å². The van der Waals surface area contributed by atoms with E-state index >= 15 is 0 Å². The second-order valence-corrected chi connectivity index (χ2v) is 5.29. The summed E-state index contributed by atoms with van der Waals surface area (Å²) in [5.41, 5.74) is 7.82. The van der Waals surface area contributed by atoms with E-state index in [9.17, 15) is 4.21 Å². The second kappa shape index (κ2) is 6.75. The number of unbranched alkanes of at least 4 members (excludes halogenated alkanes) is 1. The molecule has 0 bridgehead atoms. The lowest BCUT2D eigenvalue weighted by Gasteiger charge is -2.05. The van der Waals surface area contributed by atoms with Crippen LogP contribution < -0.4 is 5.73 Å². The molecule has 1 atom stereocenters. The molecule has 0 fully saturated rings. The van der Waals surface area contributed by atoms with Crippen LogP contribution in [0.4, 0.5) is 0 Å². The normalized spacial score (nSPS) is 12.7. The van der Waals surface area contributed by atoms with E-state index < -0.39 is 10.8 Å².